The standard InChI is InChI=1S/C9H17F3/c1-7(5-8(2,3)4)6-9(10,11)12/h7H,5-6H2,1-4H3. The molecule has 12 heavy (non-hydrogen) atoms. The van der Waals surface area contributed by atoms with Crippen molar-refractivity contribution in [2.45, 2.75) is 46.7 Å². The van der Waals surface area contributed by atoms with E-state index in [4.69, 9.17) is 0 Å². The topological polar surface area (TPSA) is 0 Å². The van der Waals surface area contributed by atoms with E-state index in [9.17, 15) is 13.2 Å². The maximum absolute atomic E-state index is 11.9. The molecule has 1 atom stereocenters. The lowest BCUT2D eigenvalue weighted by Gasteiger charge is -2.23. The van der Waals surface area contributed by atoms with Gasteiger partial charge in [-0.05, 0) is 17.8 Å². The van der Waals surface area contributed by atoms with Crippen LogP contribution >= 0.6 is 0 Å². The van der Waals surface area contributed by atoms with E-state index < -0.39 is 12.6 Å². The lowest BCUT2D eigenvalue weighted by Crippen LogP contribution is -2.18. The molecule has 0 fully saturated rings. The van der Waals surface area contributed by atoms with Gasteiger partial charge in [0.1, 0.15) is 0 Å². The van der Waals surface area contributed by atoms with Crippen molar-refractivity contribution in [2.75, 3.05) is 0 Å². The summed E-state index contributed by atoms with van der Waals surface area (Å²) in [6.07, 6.45) is -4.05. The highest BCUT2D eigenvalue weighted by molar-refractivity contribution is 4.68. The average molecular weight is 182 g/mol. The minimum absolute atomic E-state index is 0.00926. The Morgan fingerprint density at radius 3 is 1.67 bits per heavy atom. The molecule has 0 rings (SSSR count). The Labute approximate surface area is 72.2 Å². The number of halogens is 3. The molecule has 3 heteroatoms. The van der Waals surface area contributed by atoms with Gasteiger partial charge in [0.05, 0.1) is 0 Å². The first kappa shape index (κ1) is 11.8. The second-order valence-corrected chi connectivity index (χ2v) is 4.69. The van der Waals surface area contributed by atoms with Gasteiger partial charge in [-0.25, -0.2) is 0 Å². The van der Waals surface area contributed by atoms with E-state index in [1.54, 1.807) is 6.92 Å². The summed E-state index contributed by atoms with van der Waals surface area (Å²) >= 11 is 0. The molecule has 0 saturated carbocycles. The molecular weight excluding hydrogens is 165 g/mol. The van der Waals surface area contributed by atoms with Crippen LogP contribution in [0.3, 0.4) is 0 Å². The van der Waals surface area contributed by atoms with E-state index in [0.29, 0.717) is 6.42 Å². The van der Waals surface area contributed by atoms with Crippen LogP contribution in [0.2, 0.25) is 0 Å². The highest BCUT2D eigenvalue weighted by Gasteiger charge is 2.31. The molecule has 0 aromatic heterocycles. The zero-order chi connectivity index (χ0) is 9.99. The van der Waals surface area contributed by atoms with Gasteiger partial charge in [0, 0.05) is 6.42 Å². The molecule has 0 aliphatic heterocycles. The van der Waals surface area contributed by atoms with Crippen molar-refractivity contribution in [1.29, 1.82) is 0 Å². The Kier molecular flexibility index (Phi) is 3.60. The molecule has 0 radical (unpaired) electrons. The van der Waals surface area contributed by atoms with Crippen LogP contribution in [-0.2, 0) is 0 Å². The van der Waals surface area contributed by atoms with Crippen molar-refractivity contribution in [3.63, 3.8) is 0 Å². The first-order valence-electron chi connectivity index (χ1n) is 4.17. The molecule has 0 saturated heterocycles. The van der Waals surface area contributed by atoms with E-state index in [1.165, 1.54) is 0 Å². The van der Waals surface area contributed by atoms with Gasteiger partial charge in [0.15, 0.2) is 0 Å². The number of hydrogen-bond donors (Lipinski definition) is 0. The zero-order valence-corrected chi connectivity index (χ0v) is 8.13. The molecule has 0 aromatic rings. The van der Waals surface area contributed by atoms with Crippen molar-refractivity contribution in [3.8, 4) is 0 Å². The summed E-state index contributed by atoms with van der Waals surface area (Å²) in [5.41, 5.74) is -0.00926. The molecule has 0 heterocycles. The van der Waals surface area contributed by atoms with Crippen molar-refractivity contribution in [3.05, 3.63) is 0 Å². The van der Waals surface area contributed by atoms with E-state index in [-0.39, 0.29) is 11.3 Å². The van der Waals surface area contributed by atoms with Gasteiger partial charge < -0.3 is 0 Å². The van der Waals surface area contributed by atoms with Gasteiger partial charge in [-0.1, -0.05) is 27.7 Å². The SMILES string of the molecule is CC(CC(C)(C)C)CC(F)(F)F. The van der Waals surface area contributed by atoms with Gasteiger partial charge in [-0.3, -0.25) is 0 Å². The van der Waals surface area contributed by atoms with Crippen LogP contribution in [0.1, 0.15) is 40.5 Å². The maximum Gasteiger partial charge on any atom is 0.389 e. The molecule has 0 amide bonds. The molecule has 0 N–H and O–H groups in total. The molecule has 0 spiro atoms. The van der Waals surface area contributed by atoms with E-state index in [0.717, 1.165) is 0 Å². The van der Waals surface area contributed by atoms with Crippen LogP contribution < -0.4 is 0 Å². The summed E-state index contributed by atoms with van der Waals surface area (Å²) in [4.78, 5) is 0. The Bertz CT molecular complexity index is 114. The average Bonchev–Trinajstić information content (AvgIpc) is 1.49. The summed E-state index contributed by atoms with van der Waals surface area (Å²) in [7, 11) is 0. The Morgan fingerprint density at radius 2 is 1.42 bits per heavy atom. The molecule has 1 unspecified atom stereocenters. The van der Waals surface area contributed by atoms with Crippen LogP contribution in [0.15, 0.2) is 0 Å². The fourth-order valence-corrected chi connectivity index (χ4v) is 1.51. The summed E-state index contributed by atoms with van der Waals surface area (Å²) in [6, 6.07) is 0. The lowest BCUT2D eigenvalue weighted by atomic mass is 9.84. The van der Waals surface area contributed by atoms with E-state index >= 15 is 0 Å². The van der Waals surface area contributed by atoms with E-state index in [1.807, 2.05) is 20.8 Å². The van der Waals surface area contributed by atoms with Crippen molar-refractivity contribution in [2.24, 2.45) is 11.3 Å². The summed E-state index contributed by atoms with van der Waals surface area (Å²) < 4.78 is 35.6. The second kappa shape index (κ2) is 3.67. The van der Waals surface area contributed by atoms with Crippen LogP contribution in [0.5, 0.6) is 0 Å². The third kappa shape index (κ3) is 7.89. The molecule has 0 aliphatic rings. The van der Waals surface area contributed by atoms with Crippen molar-refractivity contribution in [1.82, 2.24) is 0 Å². The summed E-state index contributed by atoms with van der Waals surface area (Å²) in [6.45, 7) is 7.53. The minimum atomic E-state index is -4.01. The minimum Gasteiger partial charge on any atom is -0.171 e. The maximum atomic E-state index is 11.9. The van der Waals surface area contributed by atoms with Crippen LogP contribution in [0.4, 0.5) is 13.2 Å². The van der Waals surface area contributed by atoms with Crippen LogP contribution in [-0.4, -0.2) is 6.18 Å². The fraction of sp³-hybridized carbons (Fsp3) is 1.00. The van der Waals surface area contributed by atoms with Crippen molar-refractivity contribution < 1.29 is 13.2 Å². The largest absolute Gasteiger partial charge is 0.389 e. The molecule has 0 nitrogen and oxygen atoms in total. The first-order valence-corrected chi connectivity index (χ1v) is 4.17. The highest BCUT2D eigenvalue weighted by Crippen LogP contribution is 2.32. The van der Waals surface area contributed by atoms with Crippen LogP contribution in [0, 0.1) is 11.3 Å². The van der Waals surface area contributed by atoms with Crippen molar-refractivity contribution >= 4 is 0 Å². The third-order valence-corrected chi connectivity index (χ3v) is 1.54. The predicted octanol–water partition coefficient (Wildman–Crippen LogP) is 4.01. The molecule has 0 aliphatic carbocycles. The summed E-state index contributed by atoms with van der Waals surface area (Å²) in [5, 5.41) is 0. The Morgan fingerprint density at radius 1 is 1.00 bits per heavy atom. The molecule has 0 bridgehead atoms. The fourth-order valence-electron chi connectivity index (χ4n) is 1.51. The van der Waals surface area contributed by atoms with Gasteiger partial charge in [0.25, 0.3) is 0 Å². The number of rotatable bonds is 2. The van der Waals surface area contributed by atoms with E-state index in [2.05, 4.69) is 0 Å². The lowest BCUT2D eigenvalue weighted by molar-refractivity contribution is -0.144. The van der Waals surface area contributed by atoms with Gasteiger partial charge >= 0.3 is 6.18 Å². The quantitative estimate of drug-likeness (QED) is 0.605. The smallest absolute Gasteiger partial charge is 0.171 e. The Balaban J connectivity index is 3.83. The number of alkyl halides is 3. The third-order valence-electron chi connectivity index (χ3n) is 1.54. The highest BCUT2D eigenvalue weighted by atomic mass is 19.4. The molecule has 74 valence electrons. The second-order valence-electron chi connectivity index (χ2n) is 4.69. The normalized spacial score (nSPS) is 16.2. The number of hydrogen-bond acceptors (Lipinski definition) is 0. The van der Waals surface area contributed by atoms with Gasteiger partial charge in [-0.2, -0.15) is 13.2 Å². The first-order chi connectivity index (χ1) is 5.10. The predicted molar refractivity (Wildman–Crippen MR) is 43.9 cm³/mol. The monoisotopic (exact) mass is 182 g/mol. The summed E-state index contributed by atoms with van der Waals surface area (Å²) in [5.74, 6) is -0.273. The van der Waals surface area contributed by atoms with Gasteiger partial charge in [-0.15, -0.1) is 0 Å². The van der Waals surface area contributed by atoms with Crippen LogP contribution in [0.25, 0.3) is 0 Å². The molecular formula is C9H17F3. The zero-order valence-electron chi connectivity index (χ0n) is 8.13. The van der Waals surface area contributed by atoms with Gasteiger partial charge in [0.2, 0.25) is 0 Å². The Hall–Kier alpha value is -0.210. The molecule has 0 aromatic carbocycles.